The lowest BCUT2D eigenvalue weighted by molar-refractivity contribution is -0.117. The van der Waals surface area contributed by atoms with Gasteiger partial charge in [-0.05, 0) is 36.2 Å². The third-order valence-corrected chi connectivity index (χ3v) is 6.58. The van der Waals surface area contributed by atoms with Gasteiger partial charge >= 0.3 is 0 Å². The molecule has 168 valence electrons. The summed E-state index contributed by atoms with van der Waals surface area (Å²) >= 11 is 0. The summed E-state index contributed by atoms with van der Waals surface area (Å²) in [7, 11) is -2.15. The molecule has 1 amide bonds. The number of amides is 1. The quantitative estimate of drug-likeness (QED) is 0.309. The number of anilines is 1. The summed E-state index contributed by atoms with van der Waals surface area (Å²) in [6.07, 6.45) is 1.48. The fourth-order valence-corrected chi connectivity index (χ4v) is 4.47. The van der Waals surface area contributed by atoms with Crippen molar-refractivity contribution in [2.75, 3.05) is 30.8 Å². The first kappa shape index (κ1) is 25.1. The summed E-state index contributed by atoms with van der Waals surface area (Å²) in [5.41, 5.74) is 1.88. The number of carbonyl (C=O) groups is 1. The Balaban J connectivity index is 0.00000341. The van der Waals surface area contributed by atoms with Gasteiger partial charge in [0.05, 0.1) is 5.75 Å². The third kappa shape index (κ3) is 6.63. The summed E-state index contributed by atoms with van der Waals surface area (Å²) < 4.78 is 38.3. The van der Waals surface area contributed by atoms with Gasteiger partial charge in [0.1, 0.15) is 10.7 Å². The Morgan fingerprint density at radius 2 is 1.84 bits per heavy atom. The van der Waals surface area contributed by atoms with Crippen LogP contribution >= 0.6 is 24.0 Å². The number of hydrogen-bond acceptors (Lipinski definition) is 4. The van der Waals surface area contributed by atoms with E-state index in [2.05, 4.69) is 15.6 Å². The lowest BCUT2D eigenvalue weighted by atomic mass is 10.2. The van der Waals surface area contributed by atoms with E-state index in [-0.39, 0.29) is 47.1 Å². The second kappa shape index (κ2) is 11.4. The smallest absolute Gasteiger partial charge is 0.227 e. The Hall–Kier alpha value is -2.21. The fourth-order valence-electron chi connectivity index (χ4n) is 3.23. The van der Waals surface area contributed by atoms with Crippen molar-refractivity contribution in [2.45, 2.75) is 24.3 Å². The summed E-state index contributed by atoms with van der Waals surface area (Å²) in [5, 5.41) is 6.04. The predicted octanol–water partition coefficient (Wildman–Crippen LogP) is 2.71. The van der Waals surface area contributed by atoms with E-state index in [1.54, 1.807) is 11.9 Å². The molecule has 0 radical (unpaired) electrons. The number of rotatable bonds is 7. The number of carbonyl (C=O) groups excluding carboxylic acids is 1. The Morgan fingerprint density at radius 3 is 2.45 bits per heavy atom. The summed E-state index contributed by atoms with van der Waals surface area (Å²) in [6, 6.07) is 13.0. The highest BCUT2D eigenvalue weighted by Gasteiger charge is 2.21. The first-order valence-corrected chi connectivity index (χ1v) is 11.4. The Morgan fingerprint density at radius 1 is 1.13 bits per heavy atom. The van der Waals surface area contributed by atoms with Crippen molar-refractivity contribution in [2.24, 2.45) is 4.99 Å². The zero-order valence-corrected chi connectivity index (χ0v) is 20.3. The maximum Gasteiger partial charge on any atom is 0.227 e. The monoisotopic (exact) mass is 560 g/mol. The van der Waals surface area contributed by atoms with E-state index >= 15 is 0 Å². The molecule has 1 aliphatic heterocycles. The van der Waals surface area contributed by atoms with Crippen LogP contribution in [0.2, 0.25) is 0 Å². The molecular formula is C21H26FIN4O3S. The van der Waals surface area contributed by atoms with E-state index in [1.165, 1.54) is 18.2 Å². The number of sulfone groups is 1. The maximum absolute atomic E-state index is 13.7. The van der Waals surface area contributed by atoms with E-state index in [0.29, 0.717) is 18.9 Å². The van der Waals surface area contributed by atoms with Crippen LogP contribution in [0.3, 0.4) is 0 Å². The number of guanidine groups is 1. The number of halogens is 2. The van der Waals surface area contributed by atoms with Crippen LogP contribution in [-0.2, 0) is 21.2 Å². The van der Waals surface area contributed by atoms with Crippen LogP contribution in [-0.4, -0.2) is 46.2 Å². The second-order valence-corrected chi connectivity index (χ2v) is 8.99. The SMILES string of the molecule is CN=C(NCCS(=O)(=O)c1ccccc1F)NCc1ccc(N2CCCC2=O)cc1.I. The molecule has 1 fully saturated rings. The summed E-state index contributed by atoms with van der Waals surface area (Å²) in [4.78, 5) is 17.4. The zero-order valence-electron chi connectivity index (χ0n) is 17.2. The molecule has 10 heteroatoms. The van der Waals surface area contributed by atoms with Crippen LogP contribution in [0.5, 0.6) is 0 Å². The van der Waals surface area contributed by atoms with Gasteiger partial charge in [0.2, 0.25) is 5.91 Å². The van der Waals surface area contributed by atoms with E-state index in [1.807, 2.05) is 24.3 Å². The molecule has 0 saturated carbocycles. The largest absolute Gasteiger partial charge is 0.355 e. The molecule has 0 aliphatic carbocycles. The van der Waals surface area contributed by atoms with Crippen molar-refractivity contribution < 1.29 is 17.6 Å². The molecule has 1 heterocycles. The Bertz CT molecular complexity index is 1030. The highest BCUT2D eigenvalue weighted by Crippen LogP contribution is 2.21. The molecule has 1 saturated heterocycles. The van der Waals surface area contributed by atoms with Gasteiger partial charge in [-0.2, -0.15) is 0 Å². The van der Waals surface area contributed by atoms with E-state index in [0.717, 1.165) is 30.3 Å². The molecule has 3 rings (SSSR count). The lowest BCUT2D eigenvalue weighted by Gasteiger charge is -2.16. The topological polar surface area (TPSA) is 90.9 Å². The molecule has 0 spiro atoms. The van der Waals surface area contributed by atoms with Gasteiger partial charge in [0, 0.05) is 38.8 Å². The molecule has 31 heavy (non-hydrogen) atoms. The van der Waals surface area contributed by atoms with Gasteiger partial charge < -0.3 is 15.5 Å². The van der Waals surface area contributed by atoms with Crippen molar-refractivity contribution in [1.82, 2.24) is 10.6 Å². The van der Waals surface area contributed by atoms with Crippen LogP contribution < -0.4 is 15.5 Å². The normalized spacial score (nSPS) is 14.3. The highest BCUT2D eigenvalue weighted by molar-refractivity contribution is 14.0. The van der Waals surface area contributed by atoms with Crippen LogP contribution in [0.15, 0.2) is 58.4 Å². The third-order valence-electron chi connectivity index (χ3n) is 4.84. The Kier molecular flexibility index (Phi) is 9.23. The molecule has 0 bridgehead atoms. The summed E-state index contributed by atoms with van der Waals surface area (Å²) in [6.45, 7) is 1.32. The molecule has 0 atom stereocenters. The molecule has 2 aromatic rings. The average molecular weight is 560 g/mol. The van der Waals surface area contributed by atoms with Crippen LogP contribution in [0.4, 0.5) is 10.1 Å². The lowest BCUT2D eigenvalue weighted by Crippen LogP contribution is -2.39. The first-order chi connectivity index (χ1) is 14.4. The van der Waals surface area contributed by atoms with Gasteiger partial charge in [0.15, 0.2) is 15.8 Å². The van der Waals surface area contributed by atoms with E-state index in [4.69, 9.17) is 0 Å². The maximum atomic E-state index is 13.7. The standard InChI is InChI=1S/C21H25FN4O3S.HI/c1-23-21(24-12-14-30(28,29)19-6-3-2-5-18(19)22)25-15-16-8-10-17(11-9-16)26-13-4-7-20(26)27;/h2-3,5-6,8-11H,4,7,12-15H2,1H3,(H2,23,24,25);1H. The van der Waals surface area contributed by atoms with Gasteiger partial charge in [-0.3, -0.25) is 9.79 Å². The average Bonchev–Trinajstić information content (AvgIpc) is 3.17. The number of hydrogen-bond donors (Lipinski definition) is 2. The fraction of sp³-hybridized carbons (Fsp3) is 0.333. The molecular weight excluding hydrogens is 534 g/mol. The molecule has 0 aromatic heterocycles. The minimum Gasteiger partial charge on any atom is -0.355 e. The van der Waals surface area contributed by atoms with Gasteiger partial charge in [-0.25, -0.2) is 12.8 Å². The van der Waals surface area contributed by atoms with Crippen LogP contribution in [0, 0.1) is 5.82 Å². The minimum atomic E-state index is -3.73. The van der Waals surface area contributed by atoms with Crippen molar-refractivity contribution in [3.05, 3.63) is 59.9 Å². The minimum absolute atomic E-state index is 0. The highest BCUT2D eigenvalue weighted by atomic mass is 127. The van der Waals surface area contributed by atoms with Gasteiger partial charge in [-0.1, -0.05) is 24.3 Å². The first-order valence-electron chi connectivity index (χ1n) is 9.72. The predicted molar refractivity (Wildman–Crippen MR) is 130 cm³/mol. The molecule has 2 N–H and O–H groups in total. The molecule has 1 aliphatic rings. The molecule has 7 nitrogen and oxygen atoms in total. The zero-order chi connectivity index (χ0) is 21.6. The van der Waals surface area contributed by atoms with Crippen molar-refractivity contribution in [3.8, 4) is 0 Å². The number of aliphatic imine (C=N–C) groups is 1. The van der Waals surface area contributed by atoms with E-state index < -0.39 is 15.7 Å². The van der Waals surface area contributed by atoms with Gasteiger partial charge in [-0.15, -0.1) is 24.0 Å². The number of nitrogens with one attached hydrogen (secondary N) is 2. The van der Waals surface area contributed by atoms with Crippen LogP contribution in [0.25, 0.3) is 0 Å². The Labute approximate surface area is 199 Å². The molecule has 0 unspecified atom stereocenters. The second-order valence-electron chi connectivity index (χ2n) is 6.92. The van der Waals surface area contributed by atoms with Crippen molar-refractivity contribution >= 4 is 51.4 Å². The van der Waals surface area contributed by atoms with Crippen LogP contribution in [0.1, 0.15) is 18.4 Å². The summed E-state index contributed by atoms with van der Waals surface area (Å²) in [5.74, 6) is -0.417. The van der Waals surface area contributed by atoms with E-state index in [9.17, 15) is 17.6 Å². The molecule has 2 aromatic carbocycles. The van der Waals surface area contributed by atoms with Crippen molar-refractivity contribution in [1.29, 1.82) is 0 Å². The number of benzene rings is 2. The van der Waals surface area contributed by atoms with Gasteiger partial charge in [0.25, 0.3) is 0 Å². The van der Waals surface area contributed by atoms with Crippen molar-refractivity contribution in [3.63, 3.8) is 0 Å². The number of nitrogens with zero attached hydrogens (tertiary/aromatic N) is 2.